The summed E-state index contributed by atoms with van der Waals surface area (Å²) in [5.41, 5.74) is 1.33. The first kappa shape index (κ1) is 13.4. The van der Waals surface area contributed by atoms with Crippen LogP contribution in [0, 0.1) is 5.92 Å². The van der Waals surface area contributed by atoms with E-state index in [2.05, 4.69) is 28.4 Å². The minimum atomic E-state index is 0.708. The molecule has 1 N–H and O–H groups in total. The van der Waals surface area contributed by atoms with Gasteiger partial charge in [0.15, 0.2) is 11.5 Å². The molecule has 0 amide bonds. The van der Waals surface area contributed by atoms with Crippen LogP contribution in [-0.2, 0) is 6.54 Å². The Morgan fingerprint density at radius 2 is 2.00 bits per heavy atom. The van der Waals surface area contributed by atoms with E-state index in [0.717, 1.165) is 43.6 Å². The molecule has 0 aliphatic carbocycles. The molecular weight excluding hydrogens is 264 g/mol. The quantitative estimate of drug-likeness (QED) is 0.903. The van der Waals surface area contributed by atoms with Gasteiger partial charge < -0.3 is 14.8 Å². The lowest BCUT2D eigenvalue weighted by molar-refractivity contribution is 0.296. The maximum Gasteiger partial charge on any atom is 0.161 e. The summed E-state index contributed by atoms with van der Waals surface area (Å²) in [5.74, 6) is 2.66. The van der Waals surface area contributed by atoms with Crippen molar-refractivity contribution >= 4 is 0 Å². The molecular formula is C17H24N2O2. The van der Waals surface area contributed by atoms with E-state index in [9.17, 15) is 0 Å². The van der Waals surface area contributed by atoms with Crippen molar-refractivity contribution in [3.8, 4) is 11.5 Å². The predicted octanol–water partition coefficient (Wildman–Crippen LogP) is 2.03. The standard InChI is InChI=1S/C17H24N2O2/c1-3-14-11-19(12-15(14)18-6-1)10-13-4-5-16-17(9-13)21-8-2-7-20-16/h4-5,9,14-15,18H,1-3,6-8,10-12H2. The van der Waals surface area contributed by atoms with Crippen LogP contribution in [0.3, 0.4) is 0 Å². The number of likely N-dealkylation sites (tertiary alicyclic amines) is 1. The smallest absolute Gasteiger partial charge is 0.161 e. The summed E-state index contributed by atoms with van der Waals surface area (Å²) in [6, 6.07) is 7.12. The number of benzene rings is 1. The van der Waals surface area contributed by atoms with Gasteiger partial charge in [0.25, 0.3) is 0 Å². The molecule has 0 aromatic heterocycles. The highest BCUT2D eigenvalue weighted by molar-refractivity contribution is 5.43. The average molecular weight is 288 g/mol. The highest BCUT2D eigenvalue weighted by atomic mass is 16.5. The molecule has 3 heterocycles. The molecule has 3 aliphatic heterocycles. The largest absolute Gasteiger partial charge is 0.490 e. The third-order valence-electron chi connectivity index (χ3n) is 4.89. The molecule has 4 rings (SSSR count). The fourth-order valence-corrected chi connectivity index (χ4v) is 3.83. The van der Waals surface area contributed by atoms with Crippen LogP contribution in [0.2, 0.25) is 0 Å². The Bertz CT molecular complexity index is 492. The van der Waals surface area contributed by atoms with Crippen molar-refractivity contribution in [2.45, 2.75) is 31.8 Å². The molecule has 0 spiro atoms. The monoisotopic (exact) mass is 288 g/mol. The Hall–Kier alpha value is -1.26. The van der Waals surface area contributed by atoms with E-state index in [0.29, 0.717) is 6.04 Å². The number of hydrogen-bond acceptors (Lipinski definition) is 4. The van der Waals surface area contributed by atoms with Crippen LogP contribution >= 0.6 is 0 Å². The van der Waals surface area contributed by atoms with E-state index in [1.165, 1.54) is 38.0 Å². The summed E-state index contributed by atoms with van der Waals surface area (Å²) < 4.78 is 11.5. The second kappa shape index (κ2) is 5.85. The summed E-state index contributed by atoms with van der Waals surface area (Å²) >= 11 is 0. The van der Waals surface area contributed by atoms with Gasteiger partial charge in [-0.1, -0.05) is 6.07 Å². The van der Waals surface area contributed by atoms with Crippen LogP contribution in [0.1, 0.15) is 24.8 Å². The minimum Gasteiger partial charge on any atom is -0.490 e. The van der Waals surface area contributed by atoms with Gasteiger partial charge in [-0.25, -0.2) is 0 Å². The van der Waals surface area contributed by atoms with Crippen molar-refractivity contribution in [3.63, 3.8) is 0 Å². The summed E-state index contributed by atoms with van der Waals surface area (Å²) in [4.78, 5) is 2.58. The lowest BCUT2D eigenvalue weighted by atomic mass is 9.94. The third kappa shape index (κ3) is 2.87. The number of ether oxygens (including phenoxy) is 2. The highest BCUT2D eigenvalue weighted by Gasteiger charge is 2.33. The number of nitrogens with zero attached hydrogens (tertiary/aromatic N) is 1. The van der Waals surface area contributed by atoms with E-state index in [1.54, 1.807) is 0 Å². The molecule has 2 saturated heterocycles. The van der Waals surface area contributed by atoms with Crippen LogP contribution in [0.15, 0.2) is 18.2 Å². The van der Waals surface area contributed by atoms with Crippen LogP contribution in [0.4, 0.5) is 0 Å². The van der Waals surface area contributed by atoms with Crippen molar-refractivity contribution < 1.29 is 9.47 Å². The molecule has 114 valence electrons. The highest BCUT2D eigenvalue weighted by Crippen LogP contribution is 2.32. The first-order valence-electron chi connectivity index (χ1n) is 8.23. The van der Waals surface area contributed by atoms with Crippen molar-refractivity contribution in [1.29, 1.82) is 0 Å². The van der Waals surface area contributed by atoms with Gasteiger partial charge in [-0.15, -0.1) is 0 Å². The zero-order valence-corrected chi connectivity index (χ0v) is 12.5. The van der Waals surface area contributed by atoms with Gasteiger partial charge in [-0.3, -0.25) is 4.90 Å². The van der Waals surface area contributed by atoms with Gasteiger partial charge in [0, 0.05) is 32.1 Å². The zero-order chi connectivity index (χ0) is 14.1. The summed E-state index contributed by atoms with van der Waals surface area (Å²) in [7, 11) is 0. The van der Waals surface area contributed by atoms with Crippen molar-refractivity contribution in [3.05, 3.63) is 23.8 Å². The predicted molar refractivity (Wildman–Crippen MR) is 81.8 cm³/mol. The Labute approximate surface area is 126 Å². The molecule has 0 radical (unpaired) electrons. The van der Waals surface area contributed by atoms with Gasteiger partial charge in [0.1, 0.15) is 0 Å². The van der Waals surface area contributed by atoms with E-state index < -0.39 is 0 Å². The van der Waals surface area contributed by atoms with Gasteiger partial charge >= 0.3 is 0 Å². The first-order valence-corrected chi connectivity index (χ1v) is 8.23. The Morgan fingerprint density at radius 3 is 2.90 bits per heavy atom. The van der Waals surface area contributed by atoms with Gasteiger partial charge in [0.05, 0.1) is 13.2 Å². The van der Waals surface area contributed by atoms with E-state index in [1.807, 2.05) is 0 Å². The zero-order valence-electron chi connectivity index (χ0n) is 12.5. The Morgan fingerprint density at radius 1 is 1.10 bits per heavy atom. The van der Waals surface area contributed by atoms with Crippen LogP contribution in [-0.4, -0.2) is 43.8 Å². The van der Waals surface area contributed by atoms with Gasteiger partial charge in [0.2, 0.25) is 0 Å². The molecule has 1 aromatic rings. The number of fused-ring (bicyclic) bond motifs is 2. The molecule has 21 heavy (non-hydrogen) atoms. The molecule has 2 atom stereocenters. The van der Waals surface area contributed by atoms with Crippen LogP contribution in [0.25, 0.3) is 0 Å². The molecule has 1 aromatic carbocycles. The average Bonchev–Trinajstić information content (AvgIpc) is 2.75. The molecule has 2 fully saturated rings. The summed E-state index contributed by atoms with van der Waals surface area (Å²) in [5, 5.41) is 3.67. The summed E-state index contributed by atoms with van der Waals surface area (Å²) in [6.07, 6.45) is 3.68. The van der Waals surface area contributed by atoms with Crippen LogP contribution < -0.4 is 14.8 Å². The van der Waals surface area contributed by atoms with Gasteiger partial charge in [-0.05, 0) is 43.0 Å². The van der Waals surface area contributed by atoms with Crippen molar-refractivity contribution in [2.24, 2.45) is 5.92 Å². The third-order valence-corrected chi connectivity index (χ3v) is 4.89. The minimum absolute atomic E-state index is 0.708. The molecule has 4 nitrogen and oxygen atoms in total. The fourth-order valence-electron chi connectivity index (χ4n) is 3.83. The number of piperidine rings is 1. The van der Waals surface area contributed by atoms with Crippen LogP contribution in [0.5, 0.6) is 11.5 Å². The molecule has 4 heteroatoms. The Balaban J connectivity index is 1.44. The van der Waals surface area contributed by atoms with E-state index in [4.69, 9.17) is 9.47 Å². The topological polar surface area (TPSA) is 33.7 Å². The molecule has 2 unspecified atom stereocenters. The van der Waals surface area contributed by atoms with Crippen molar-refractivity contribution in [1.82, 2.24) is 10.2 Å². The fraction of sp³-hybridized carbons (Fsp3) is 0.647. The lowest BCUT2D eigenvalue weighted by Crippen LogP contribution is -2.40. The lowest BCUT2D eigenvalue weighted by Gasteiger charge is -2.24. The molecule has 3 aliphatic rings. The second-order valence-electron chi connectivity index (χ2n) is 6.49. The number of nitrogens with one attached hydrogen (secondary N) is 1. The van der Waals surface area contributed by atoms with E-state index in [-0.39, 0.29) is 0 Å². The number of hydrogen-bond donors (Lipinski definition) is 1. The Kier molecular flexibility index (Phi) is 3.74. The van der Waals surface area contributed by atoms with E-state index >= 15 is 0 Å². The maximum absolute atomic E-state index is 5.79. The number of rotatable bonds is 2. The van der Waals surface area contributed by atoms with Gasteiger partial charge in [-0.2, -0.15) is 0 Å². The van der Waals surface area contributed by atoms with Crippen molar-refractivity contribution in [2.75, 3.05) is 32.8 Å². The second-order valence-corrected chi connectivity index (χ2v) is 6.49. The normalized spacial score (nSPS) is 29.0. The molecule has 0 bridgehead atoms. The first-order chi connectivity index (χ1) is 10.4. The SMILES string of the molecule is c1cc2c(cc1CN1CC3CCCNC3C1)OCCCO2. The molecule has 0 saturated carbocycles. The summed E-state index contributed by atoms with van der Waals surface area (Å²) in [6.45, 7) is 6.14. The maximum atomic E-state index is 5.79.